The van der Waals surface area contributed by atoms with Crippen LogP contribution in [0.5, 0.6) is 11.5 Å². The number of likely N-dealkylation sites (N-methyl/N-ethyl adjacent to an activating group) is 1. The van der Waals surface area contributed by atoms with Crippen LogP contribution in [0.15, 0.2) is 54.6 Å². The van der Waals surface area contributed by atoms with Crippen molar-refractivity contribution in [1.29, 1.82) is 0 Å². The Morgan fingerprint density at radius 1 is 1.22 bits per heavy atom. The molecule has 2 aromatic rings. The molecule has 0 spiro atoms. The largest absolute Gasteiger partial charge is 0.477 e. The second-order valence-corrected chi connectivity index (χ2v) is 10.2. The molecule has 5 nitrogen and oxygen atoms in total. The Kier molecular flexibility index (Phi) is 6.44. The SMILES string of the molecule is C#CCOc1ccc2c3c1O[C@@]1(C)C(=O)C=C[C@@](OCCCc4ccccc4)(C(NC)C2)[C@@]31CCC. The van der Waals surface area contributed by atoms with Crippen molar-refractivity contribution in [3.05, 3.63) is 71.3 Å². The van der Waals surface area contributed by atoms with Gasteiger partial charge in [-0.05, 0) is 69.0 Å². The molecule has 2 aromatic carbocycles. The average Bonchev–Trinajstić information content (AvgIpc) is 3.18. The Morgan fingerprint density at radius 2 is 2.03 bits per heavy atom. The van der Waals surface area contributed by atoms with Crippen LogP contribution in [0.4, 0.5) is 0 Å². The molecule has 2 aliphatic carbocycles. The second kappa shape index (κ2) is 9.42. The minimum atomic E-state index is -1.11. The number of carbonyl (C=O) groups is 1. The van der Waals surface area contributed by atoms with E-state index in [0.29, 0.717) is 18.1 Å². The molecule has 1 heterocycles. The van der Waals surface area contributed by atoms with Gasteiger partial charge in [0, 0.05) is 18.2 Å². The molecule has 0 fully saturated rings. The first-order chi connectivity index (χ1) is 17.5. The maximum atomic E-state index is 13.6. The van der Waals surface area contributed by atoms with E-state index in [1.807, 2.05) is 32.2 Å². The molecular formula is C31H35NO4. The predicted octanol–water partition coefficient (Wildman–Crippen LogP) is 4.56. The van der Waals surface area contributed by atoms with E-state index < -0.39 is 16.6 Å². The molecule has 36 heavy (non-hydrogen) atoms. The quantitative estimate of drug-likeness (QED) is 0.395. The van der Waals surface area contributed by atoms with E-state index in [1.54, 1.807) is 6.08 Å². The fourth-order valence-corrected chi connectivity index (χ4v) is 6.91. The molecule has 188 valence electrons. The number of ketones is 1. The molecule has 1 aliphatic heterocycles. The number of aryl methyl sites for hydroxylation is 1. The molecule has 5 rings (SSSR count). The van der Waals surface area contributed by atoms with E-state index >= 15 is 0 Å². The molecule has 4 atom stereocenters. The first-order valence-corrected chi connectivity index (χ1v) is 13.0. The third-order valence-electron chi connectivity index (χ3n) is 8.39. The summed E-state index contributed by atoms with van der Waals surface area (Å²) in [4.78, 5) is 13.6. The van der Waals surface area contributed by atoms with E-state index in [2.05, 4.69) is 48.5 Å². The zero-order valence-corrected chi connectivity index (χ0v) is 21.4. The van der Waals surface area contributed by atoms with Gasteiger partial charge in [-0.2, -0.15) is 0 Å². The van der Waals surface area contributed by atoms with Gasteiger partial charge in [-0.1, -0.05) is 55.7 Å². The topological polar surface area (TPSA) is 56.8 Å². The van der Waals surface area contributed by atoms with E-state index in [4.69, 9.17) is 20.6 Å². The molecule has 0 saturated heterocycles. The molecule has 0 amide bonds. The molecule has 0 aromatic heterocycles. The van der Waals surface area contributed by atoms with Gasteiger partial charge in [-0.15, -0.1) is 6.42 Å². The van der Waals surface area contributed by atoms with E-state index in [1.165, 1.54) is 11.1 Å². The summed E-state index contributed by atoms with van der Waals surface area (Å²) in [5, 5.41) is 3.55. The van der Waals surface area contributed by atoms with Crippen molar-refractivity contribution in [2.24, 2.45) is 0 Å². The van der Waals surface area contributed by atoms with Crippen molar-refractivity contribution in [1.82, 2.24) is 5.32 Å². The Balaban J connectivity index is 1.62. The highest BCUT2D eigenvalue weighted by Crippen LogP contribution is 2.66. The van der Waals surface area contributed by atoms with Crippen molar-refractivity contribution in [3.8, 4) is 23.8 Å². The highest BCUT2D eigenvalue weighted by Gasteiger charge is 2.75. The van der Waals surface area contributed by atoms with Crippen molar-refractivity contribution >= 4 is 5.78 Å². The second-order valence-electron chi connectivity index (χ2n) is 10.2. The van der Waals surface area contributed by atoms with E-state index in [0.717, 1.165) is 37.7 Å². The van der Waals surface area contributed by atoms with Gasteiger partial charge in [-0.25, -0.2) is 0 Å². The van der Waals surface area contributed by atoms with Crippen LogP contribution in [0.25, 0.3) is 0 Å². The van der Waals surface area contributed by atoms with Gasteiger partial charge in [0.2, 0.25) is 0 Å². The first kappa shape index (κ1) is 24.6. The molecule has 3 aliphatic rings. The van der Waals surface area contributed by atoms with Gasteiger partial charge in [0.15, 0.2) is 22.9 Å². The van der Waals surface area contributed by atoms with E-state index in [-0.39, 0.29) is 18.4 Å². The monoisotopic (exact) mass is 485 g/mol. The summed E-state index contributed by atoms with van der Waals surface area (Å²) in [7, 11) is 1.98. The van der Waals surface area contributed by atoms with Crippen LogP contribution in [0, 0.1) is 12.3 Å². The first-order valence-electron chi connectivity index (χ1n) is 13.0. The average molecular weight is 486 g/mol. The van der Waals surface area contributed by atoms with Crippen molar-refractivity contribution in [2.45, 2.75) is 68.6 Å². The Morgan fingerprint density at radius 3 is 2.75 bits per heavy atom. The number of ether oxygens (including phenoxy) is 3. The fourth-order valence-electron chi connectivity index (χ4n) is 6.91. The van der Waals surface area contributed by atoms with Crippen LogP contribution >= 0.6 is 0 Å². The summed E-state index contributed by atoms with van der Waals surface area (Å²) in [6.45, 7) is 4.80. The Bertz CT molecular complexity index is 1220. The van der Waals surface area contributed by atoms with Crippen LogP contribution in [-0.4, -0.2) is 43.3 Å². The molecule has 5 heteroatoms. The van der Waals surface area contributed by atoms with Gasteiger partial charge < -0.3 is 19.5 Å². The summed E-state index contributed by atoms with van der Waals surface area (Å²) >= 11 is 0. The number of rotatable bonds is 10. The van der Waals surface area contributed by atoms with Gasteiger partial charge in [0.05, 0.1) is 5.41 Å². The standard InChI is InChI=1S/C31H35NO4/c1-5-17-30-27-23-14-15-24(34-19-6-2)28(27)36-29(30,3)26(33)16-18-31(30,25(21-23)32-4)35-20-10-13-22-11-8-7-9-12-22/h2,7-9,11-12,14-16,18,25,32H,5,10,13,17,19-21H2,1,3-4H3/t25?,29-,30-,31+/m0/s1. The summed E-state index contributed by atoms with van der Waals surface area (Å²) in [6, 6.07) is 14.5. The van der Waals surface area contributed by atoms with Crippen molar-refractivity contribution in [3.63, 3.8) is 0 Å². The van der Waals surface area contributed by atoms with Gasteiger partial charge >= 0.3 is 0 Å². The molecule has 1 unspecified atom stereocenters. The van der Waals surface area contributed by atoms with Crippen LogP contribution in [0.2, 0.25) is 0 Å². The number of hydrogen-bond acceptors (Lipinski definition) is 5. The van der Waals surface area contributed by atoms with Gasteiger partial charge in [0.25, 0.3) is 0 Å². The zero-order valence-electron chi connectivity index (χ0n) is 21.4. The highest BCUT2D eigenvalue weighted by atomic mass is 16.6. The minimum Gasteiger partial charge on any atom is -0.477 e. The normalized spacial score (nSPS) is 29.4. The van der Waals surface area contributed by atoms with Crippen LogP contribution in [0.3, 0.4) is 0 Å². The van der Waals surface area contributed by atoms with Crippen molar-refractivity contribution < 1.29 is 19.0 Å². The lowest BCUT2D eigenvalue weighted by Crippen LogP contribution is -2.75. The number of terminal acetylenes is 1. The maximum Gasteiger partial charge on any atom is 0.199 e. The number of carbonyl (C=O) groups excluding carboxylic acids is 1. The van der Waals surface area contributed by atoms with Gasteiger partial charge in [-0.3, -0.25) is 4.79 Å². The maximum absolute atomic E-state index is 13.6. The van der Waals surface area contributed by atoms with E-state index in [9.17, 15) is 4.79 Å². The van der Waals surface area contributed by atoms with Crippen molar-refractivity contribution in [2.75, 3.05) is 20.3 Å². The smallest absolute Gasteiger partial charge is 0.199 e. The molecule has 1 N–H and O–H groups in total. The zero-order chi connectivity index (χ0) is 25.4. The highest BCUT2D eigenvalue weighted by molar-refractivity contribution is 6.02. The minimum absolute atomic E-state index is 0.0241. The fraction of sp³-hybridized carbons (Fsp3) is 0.452. The number of benzene rings is 2. The third kappa shape index (κ3) is 3.35. The Labute approximate surface area is 214 Å². The Hall–Kier alpha value is -3.07. The third-order valence-corrected chi connectivity index (χ3v) is 8.39. The van der Waals surface area contributed by atoms with Gasteiger partial charge in [0.1, 0.15) is 12.2 Å². The molecule has 0 bridgehead atoms. The number of hydrogen-bond donors (Lipinski definition) is 1. The lowest BCUT2D eigenvalue weighted by atomic mass is 9.48. The lowest BCUT2D eigenvalue weighted by molar-refractivity contribution is -0.167. The molecule has 0 radical (unpaired) electrons. The lowest BCUT2D eigenvalue weighted by Gasteiger charge is -2.60. The molecular weight excluding hydrogens is 450 g/mol. The summed E-state index contributed by atoms with van der Waals surface area (Å²) in [5.41, 5.74) is 0.954. The van der Waals surface area contributed by atoms with Crippen LogP contribution in [-0.2, 0) is 27.8 Å². The predicted molar refractivity (Wildman–Crippen MR) is 141 cm³/mol. The molecule has 0 saturated carbocycles. The number of nitrogens with one attached hydrogen (secondary N) is 1. The summed E-state index contributed by atoms with van der Waals surface area (Å²) < 4.78 is 19.6. The summed E-state index contributed by atoms with van der Waals surface area (Å²) in [5.74, 6) is 3.73. The summed E-state index contributed by atoms with van der Waals surface area (Å²) in [6.07, 6.45) is 13.4. The van der Waals surface area contributed by atoms with Crippen LogP contribution < -0.4 is 14.8 Å². The van der Waals surface area contributed by atoms with Crippen LogP contribution in [0.1, 0.15) is 49.8 Å².